The van der Waals surface area contributed by atoms with Crippen LogP contribution in [0.25, 0.3) is 0 Å². The van der Waals surface area contributed by atoms with Gasteiger partial charge in [-0.15, -0.1) is 0 Å². The normalized spacial score (nSPS) is 13.7. The summed E-state index contributed by atoms with van der Waals surface area (Å²) in [6, 6.07) is 4.42. The maximum Gasteiger partial charge on any atom is 0.251 e. The third-order valence-corrected chi connectivity index (χ3v) is 4.63. The minimum atomic E-state index is -0.159. The first-order valence-corrected chi connectivity index (χ1v) is 8.62. The molecule has 134 valence electrons. The average molecular weight is 342 g/mol. The van der Waals surface area contributed by atoms with Gasteiger partial charge in [-0.25, -0.2) is 0 Å². The van der Waals surface area contributed by atoms with Gasteiger partial charge in [0.2, 0.25) is 0 Å². The number of ether oxygens (including phenoxy) is 1. The Hall–Kier alpha value is -2.34. The predicted molar refractivity (Wildman–Crippen MR) is 99.7 cm³/mol. The lowest BCUT2D eigenvalue weighted by Crippen LogP contribution is -2.26. The lowest BCUT2D eigenvalue weighted by atomic mass is 10.0. The Bertz CT molecular complexity index is 787. The van der Waals surface area contributed by atoms with Gasteiger partial charge in [0.05, 0.1) is 0 Å². The predicted octanol–water partition coefficient (Wildman–Crippen LogP) is 3.01. The summed E-state index contributed by atoms with van der Waals surface area (Å²) >= 11 is 0. The first-order valence-electron chi connectivity index (χ1n) is 8.62. The molecule has 0 unspecified atom stereocenters. The minimum absolute atomic E-state index is 0.0415. The number of amides is 1. The Balaban J connectivity index is 2.03. The second-order valence-electron chi connectivity index (χ2n) is 6.76. The molecule has 25 heavy (non-hydrogen) atoms. The van der Waals surface area contributed by atoms with E-state index in [1.807, 2.05) is 7.05 Å². The zero-order valence-corrected chi connectivity index (χ0v) is 15.6. The second kappa shape index (κ2) is 6.88. The molecule has 0 spiro atoms. The molecular formula is C19H26N4O2. The van der Waals surface area contributed by atoms with Gasteiger partial charge in [0.25, 0.3) is 5.91 Å². The van der Waals surface area contributed by atoms with Crippen molar-refractivity contribution in [3.05, 3.63) is 34.4 Å². The van der Waals surface area contributed by atoms with Crippen molar-refractivity contribution >= 4 is 23.2 Å². The van der Waals surface area contributed by atoms with Crippen LogP contribution in [0.5, 0.6) is 0 Å². The van der Waals surface area contributed by atoms with Crippen LogP contribution >= 0.6 is 0 Å². The highest BCUT2D eigenvalue weighted by atomic mass is 16.5. The largest absolute Gasteiger partial charge is 0.375 e. The third-order valence-electron chi connectivity index (χ3n) is 4.63. The molecule has 1 aromatic carbocycles. The van der Waals surface area contributed by atoms with Crippen molar-refractivity contribution in [2.24, 2.45) is 7.05 Å². The molecule has 1 aliphatic rings. The molecule has 1 aliphatic heterocycles. The van der Waals surface area contributed by atoms with E-state index in [0.29, 0.717) is 0 Å². The number of hydrogen-bond donors (Lipinski definition) is 1. The molecule has 1 N–H and O–H groups in total. The molecule has 6 nitrogen and oxygen atoms in total. The van der Waals surface area contributed by atoms with E-state index in [9.17, 15) is 4.79 Å². The van der Waals surface area contributed by atoms with Crippen molar-refractivity contribution in [3.63, 3.8) is 0 Å². The number of nitrogens with zero attached hydrogens (tertiary/aromatic N) is 3. The smallest absolute Gasteiger partial charge is 0.251 e. The van der Waals surface area contributed by atoms with E-state index in [1.165, 1.54) is 29.5 Å². The molecule has 2 aromatic rings. The van der Waals surface area contributed by atoms with Crippen LogP contribution in [0.4, 0.5) is 17.3 Å². The summed E-state index contributed by atoms with van der Waals surface area (Å²) < 4.78 is 6.68. The number of methoxy groups -OCH3 is 1. The van der Waals surface area contributed by atoms with Crippen LogP contribution in [0, 0.1) is 20.8 Å². The third kappa shape index (κ3) is 3.26. The lowest BCUT2D eigenvalue weighted by molar-refractivity contribution is -0.119. The van der Waals surface area contributed by atoms with Crippen molar-refractivity contribution in [1.82, 2.24) is 9.78 Å². The zero-order valence-electron chi connectivity index (χ0n) is 15.6. The standard InChI is InChI=1S/C19H26N4O2/c1-12-9-13(2)17(14(3)10-12)23-8-6-7-15-18(20-16(24)11-25-5)22(4)21-19(15)23/h9-10H,6-8,11H2,1-5H3,(H,20,24). The van der Waals surface area contributed by atoms with Gasteiger partial charge in [0, 0.05) is 32.0 Å². The number of aryl methyl sites for hydroxylation is 4. The monoisotopic (exact) mass is 342 g/mol. The van der Waals surface area contributed by atoms with Gasteiger partial charge in [-0.2, -0.15) is 5.10 Å². The molecule has 1 amide bonds. The number of benzene rings is 1. The Kier molecular flexibility index (Phi) is 4.81. The molecule has 6 heteroatoms. The summed E-state index contributed by atoms with van der Waals surface area (Å²) in [5.74, 6) is 1.55. The van der Waals surface area contributed by atoms with E-state index in [-0.39, 0.29) is 12.5 Å². The highest BCUT2D eigenvalue weighted by molar-refractivity contribution is 5.92. The Morgan fingerprint density at radius 1 is 1.28 bits per heavy atom. The first kappa shape index (κ1) is 17.5. The van der Waals surface area contributed by atoms with E-state index in [0.717, 1.165) is 36.6 Å². The lowest BCUT2D eigenvalue weighted by Gasteiger charge is -2.30. The fraction of sp³-hybridized carbons (Fsp3) is 0.474. The van der Waals surface area contributed by atoms with E-state index in [2.05, 4.69) is 43.1 Å². The van der Waals surface area contributed by atoms with Gasteiger partial charge >= 0.3 is 0 Å². The Morgan fingerprint density at radius 3 is 2.60 bits per heavy atom. The summed E-state index contributed by atoms with van der Waals surface area (Å²) in [5, 5.41) is 7.65. The fourth-order valence-corrected chi connectivity index (χ4v) is 3.79. The number of nitrogens with one attached hydrogen (secondary N) is 1. The van der Waals surface area contributed by atoms with E-state index in [4.69, 9.17) is 9.84 Å². The molecule has 0 saturated heterocycles. The molecule has 0 aliphatic carbocycles. The van der Waals surface area contributed by atoms with Crippen molar-refractivity contribution in [2.75, 3.05) is 30.5 Å². The quantitative estimate of drug-likeness (QED) is 0.928. The molecule has 0 atom stereocenters. The molecule has 3 rings (SSSR count). The fourth-order valence-electron chi connectivity index (χ4n) is 3.79. The van der Waals surface area contributed by atoms with Crippen molar-refractivity contribution in [1.29, 1.82) is 0 Å². The van der Waals surface area contributed by atoms with E-state index >= 15 is 0 Å². The van der Waals surface area contributed by atoms with Crippen LogP contribution in [0.15, 0.2) is 12.1 Å². The molecule has 2 heterocycles. The van der Waals surface area contributed by atoms with Gasteiger partial charge in [-0.1, -0.05) is 17.7 Å². The first-order chi connectivity index (χ1) is 11.9. The van der Waals surface area contributed by atoms with Crippen LogP contribution in [0.3, 0.4) is 0 Å². The maximum atomic E-state index is 12.0. The maximum absolute atomic E-state index is 12.0. The zero-order chi connectivity index (χ0) is 18.1. The average Bonchev–Trinajstić information content (AvgIpc) is 2.84. The number of carbonyl (C=O) groups excluding carboxylic acids is 1. The summed E-state index contributed by atoms with van der Waals surface area (Å²) in [6.45, 7) is 7.39. The summed E-state index contributed by atoms with van der Waals surface area (Å²) in [4.78, 5) is 14.2. The van der Waals surface area contributed by atoms with E-state index < -0.39 is 0 Å². The van der Waals surface area contributed by atoms with Crippen molar-refractivity contribution in [2.45, 2.75) is 33.6 Å². The van der Waals surface area contributed by atoms with Crippen LogP contribution in [0.2, 0.25) is 0 Å². The number of carbonyl (C=O) groups is 1. The molecular weight excluding hydrogens is 316 g/mol. The molecule has 0 bridgehead atoms. The minimum Gasteiger partial charge on any atom is -0.375 e. The Labute approximate surface area is 148 Å². The van der Waals surface area contributed by atoms with Crippen molar-refractivity contribution < 1.29 is 9.53 Å². The number of fused-ring (bicyclic) bond motifs is 1. The number of anilines is 3. The van der Waals surface area contributed by atoms with Gasteiger partial charge in [-0.05, 0) is 44.7 Å². The highest BCUT2D eigenvalue weighted by Crippen LogP contribution is 2.39. The number of hydrogen-bond acceptors (Lipinski definition) is 4. The topological polar surface area (TPSA) is 59.4 Å². The number of rotatable bonds is 4. The van der Waals surface area contributed by atoms with Crippen molar-refractivity contribution in [3.8, 4) is 0 Å². The molecule has 0 saturated carbocycles. The molecule has 0 radical (unpaired) electrons. The van der Waals surface area contributed by atoms with Crippen LogP contribution in [0.1, 0.15) is 28.7 Å². The van der Waals surface area contributed by atoms with Crippen LogP contribution in [-0.2, 0) is 23.0 Å². The van der Waals surface area contributed by atoms with Gasteiger partial charge in [0.15, 0.2) is 5.82 Å². The van der Waals surface area contributed by atoms with Gasteiger partial charge in [0.1, 0.15) is 12.4 Å². The SMILES string of the molecule is COCC(=O)Nc1c2c(nn1C)N(c1c(C)cc(C)cc1C)CCC2. The van der Waals surface area contributed by atoms with Crippen LogP contribution < -0.4 is 10.2 Å². The molecule has 0 fully saturated rings. The van der Waals surface area contributed by atoms with Gasteiger partial charge in [-0.3, -0.25) is 9.48 Å². The van der Waals surface area contributed by atoms with Gasteiger partial charge < -0.3 is 15.0 Å². The Morgan fingerprint density at radius 2 is 1.96 bits per heavy atom. The summed E-state index contributed by atoms with van der Waals surface area (Å²) in [7, 11) is 3.39. The molecule has 1 aromatic heterocycles. The van der Waals surface area contributed by atoms with E-state index in [1.54, 1.807) is 4.68 Å². The number of aromatic nitrogens is 2. The van der Waals surface area contributed by atoms with Crippen LogP contribution in [-0.4, -0.2) is 35.9 Å². The second-order valence-corrected chi connectivity index (χ2v) is 6.76. The highest BCUT2D eigenvalue weighted by Gasteiger charge is 2.28. The summed E-state index contributed by atoms with van der Waals surface area (Å²) in [6.07, 6.45) is 1.94. The summed E-state index contributed by atoms with van der Waals surface area (Å²) in [5.41, 5.74) is 6.09.